The summed E-state index contributed by atoms with van der Waals surface area (Å²) < 4.78 is 7.07. The van der Waals surface area contributed by atoms with Crippen LogP contribution >= 0.6 is 0 Å². The molecule has 1 saturated heterocycles. The van der Waals surface area contributed by atoms with Crippen molar-refractivity contribution in [1.29, 1.82) is 0 Å². The van der Waals surface area contributed by atoms with Crippen molar-refractivity contribution in [2.75, 3.05) is 18.6 Å². The zero-order valence-corrected chi connectivity index (χ0v) is 7.94. The summed E-state index contributed by atoms with van der Waals surface area (Å²) >= 11 is 0. The van der Waals surface area contributed by atoms with E-state index in [1.54, 1.807) is 6.33 Å². The lowest BCUT2D eigenvalue weighted by atomic mass is 10.2. The smallest absolute Gasteiger partial charge is 0.277 e. The van der Waals surface area contributed by atoms with Crippen molar-refractivity contribution in [2.45, 2.75) is 5.85 Å². The molecular weight excluding hydrogens is 184 g/mol. The first-order valence-corrected chi connectivity index (χ1v) is 4.36. The third kappa shape index (κ3) is 0.741. The number of epoxide rings is 1. The first kappa shape index (κ1) is 7.81. The van der Waals surface area contributed by atoms with Gasteiger partial charge >= 0.3 is 0 Å². The molecule has 1 spiro atoms. The van der Waals surface area contributed by atoms with Crippen molar-refractivity contribution in [1.82, 2.24) is 14.9 Å². The molecule has 0 aliphatic carbocycles. The molecule has 0 saturated carbocycles. The first-order chi connectivity index (χ1) is 6.64. The minimum atomic E-state index is -0.613. The van der Waals surface area contributed by atoms with Crippen LogP contribution in [0.1, 0.15) is 10.5 Å². The van der Waals surface area contributed by atoms with Gasteiger partial charge in [0.25, 0.3) is 5.91 Å². The SMILES string of the molecule is CN1c2c(ncn2C)C(=O)NC12CO2. The summed E-state index contributed by atoms with van der Waals surface area (Å²) in [6, 6.07) is 0. The second kappa shape index (κ2) is 2.09. The summed E-state index contributed by atoms with van der Waals surface area (Å²) in [5, 5.41) is 2.77. The third-order valence-corrected chi connectivity index (χ3v) is 2.71. The van der Waals surface area contributed by atoms with Crippen LogP contribution in [0.5, 0.6) is 0 Å². The van der Waals surface area contributed by atoms with Gasteiger partial charge < -0.3 is 19.5 Å². The van der Waals surface area contributed by atoms with Crippen molar-refractivity contribution < 1.29 is 9.53 Å². The number of aryl methyl sites for hydroxylation is 1. The predicted molar refractivity (Wildman–Crippen MR) is 47.8 cm³/mol. The van der Waals surface area contributed by atoms with E-state index in [1.807, 2.05) is 23.6 Å². The van der Waals surface area contributed by atoms with Gasteiger partial charge in [-0.2, -0.15) is 0 Å². The van der Waals surface area contributed by atoms with Gasteiger partial charge in [0.15, 0.2) is 5.69 Å². The number of carbonyl (C=O) groups excluding carboxylic acids is 1. The molecule has 1 aromatic heterocycles. The summed E-state index contributed by atoms with van der Waals surface area (Å²) in [6.45, 7) is 0.528. The Morgan fingerprint density at radius 2 is 2.36 bits per heavy atom. The molecule has 1 aromatic rings. The van der Waals surface area contributed by atoms with Crippen molar-refractivity contribution in [2.24, 2.45) is 7.05 Å². The number of aromatic nitrogens is 2. The maximum absolute atomic E-state index is 11.6. The molecule has 74 valence electrons. The Morgan fingerprint density at radius 1 is 1.64 bits per heavy atom. The van der Waals surface area contributed by atoms with Crippen LogP contribution in [0.15, 0.2) is 6.33 Å². The molecule has 0 aromatic carbocycles. The van der Waals surface area contributed by atoms with Crippen LogP contribution in [0.4, 0.5) is 5.82 Å². The van der Waals surface area contributed by atoms with E-state index in [0.29, 0.717) is 12.3 Å². The number of rotatable bonds is 0. The standard InChI is InChI=1S/C8H10N4O2/c1-11-4-9-5-6(13)10-8(3-14-8)12(2)7(5)11/h4H,3H2,1-2H3,(H,10,13). The van der Waals surface area contributed by atoms with E-state index in [-0.39, 0.29) is 5.91 Å². The minimum absolute atomic E-state index is 0.170. The van der Waals surface area contributed by atoms with Gasteiger partial charge in [-0.25, -0.2) is 4.98 Å². The quantitative estimate of drug-likeness (QED) is 0.554. The molecule has 6 heteroatoms. The Morgan fingerprint density at radius 3 is 3.00 bits per heavy atom. The molecule has 3 rings (SSSR count). The molecular formula is C8H10N4O2. The lowest BCUT2D eigenvalue weighted by molar-refractivity contribution is 0.0869. The summed E-state index contributed by atoms with van der Waals surface area (Å²) in [5.74, 6) is 0.0141. The van der Waals surface area contributed by atoms with Crippen LogP contribution in [-0.2, 0) is 11.8 Å². The molecule has 1 atom stereocenters. The lowest BCUT2D eigenvalue weighted by Crippen LogP contribution is -2.55. The maximum atomic E-state index is 11.6. The van der Waals surface area contributed by atoms with Gasteiger partial charge in [0.05, 0.1) is 6.33 Å². The Bertz CT molecular complexity index is 421. The van der Waals surface area contributed by atoms with E-state index in [9.17, 15) is 4.79 Å². The molecule has 14 heavy (non-hydrogen) atoms. The molecule has 0 radical (unpaired) electrons. The van der Waals surface area contributed by atoms with E-state index in [1.165, 1.54) is 0 Å². The van der Waals surface area contributed by atoms with Crippen molar-refractivity contribution >= 4 is 11.7 Å². The van der Waals surface area contributed by atoms with Gasteiger partial charge in [-0.15, -0.1) is 0 Å². The number of ether oxygens (including phenoxy) is 1. The molecule has 0 bridgehead atoms. The number of anilines is 1. The number of hydrogen-bond donors (Lipinski definition) is 1. The number of fused-ring (bicyclic) bond motifs is 1. The molecule has 1 unspecified atom stereocenters. The third-order valence-electron chi connectivity index (χ3n) is 2.71. The highest BCUT2D eigenvalue weighted by Crippen LogP contribution is 2.36. The zero-order chi connectivity index (χ0) is 9.92. The van der Waals surface area contributed by atoms with Crippen molar-refractivity contribution in [3.8, 4) is 0 Å². The van der Waals surface area contributed by atoms with E-state index in [2.05, 4.69) is 10.3 Å². The average Bonchev–Trinajstić information content (AvgIpc) is 2.79. The van der Waals surface area contributed by atoms with Crippen LogP contribution < -0.4 is 10.2 Å². The number of likely N-dealkylation sites (N-methyl/N-ethyl adjacent to an activating group) is 1. The van der Waals surface area contributed by atoms with Gasteiger partial charge in [-0.3, -0.25) is 4.79 Å². The number of carbonyl (C=O) groups is 1. The van der Waals surface area contributed by atoms with Crippen LogP contribution in [-0.4, -0.2) is 35.0 Å². The molecule has 6 nitrogen and oxygen atoms in total. The Hall–Kier alpha value is -1.56. The summed E-state index contributed by atoms with van der Waals surface area (Å²) in [6.07, 6.45) is 1.63. The van der Waals surface area contributed by atoms with Crippen LogP contribution in [0.3, 0.4) is 0 Å². The van der Waals surface area contributed by atoms with Crippen LogP contribution in [0.25, 0.3) is 0 Å². The highest BCUT2D eigenvalue weighted by molar-refractivity contribution is 6.00. The summed E-state index contributed by atoms with van der Waals surface area (Å²) in [4.78, 5) is 17.5. The number of nitrogens with one attached hydrogen (secondary N) is 1. The zero-order valence-electron chi connectivity index (χ0n) is 7.94. The van der Waals surface area contributed by atoms with Gasteiger partial charge in [0, 0.05) is 14.1 Å². The van der Waals surface area contributed by atoms with Crippen molar-refractivity contribution in [3.63, 3.8) is 0 Å². The van der Waals surface area contributed by atoms with Crippen LogP contribution in [0, 0.1) is 0 Å². The minimum Gasteiger partial charge on any atom is -0.329 e. The van der Waals surface area contributed by atoms with Gasteiger partial charge in [-0.05, 0) is 0 Å². The fourth-order valence-electron chi connectivity index (χ4n) is 1.81. The highest BCUT2D eigenvalue weighted by atomic mass is 16.6. The molecule has 2 aliphatic rings. The molecule has 3 heterocycles. The second-order valence-electron chi connectivity index (χ2n) is 3.61. The molecule has 2 aliphatic heterocycles. The number of amides is 1. The number of imidazole rings is 1. The van der Waals surface area contributed by atoms with E-state index < -0.39 is 5.85 Å². The number of nitrogens with zero attached hydrogens (tertiary/aromatic N) is 3. The fraction of sp³-hybridized carbons (Fsp3) is 0.500. The Balaban J connectivity index is 2.19. The van der Waals surface area contributed by atoms with Crippen molar-refractivity contribution in [3.05, 3.63) is 12.0 Å². The van der Waals surface area contributed by atoms with Gasteiger partial charge in [0.2, 0.25) is 5.85 Å². The largest absolute Gasteiger partial charge is 0.329 e. The normalized spacial score (nSPS) is 29.0. The van der Waals surface area contributed by atoms with Gasteiger partial charge in [0.1, 0.15) is 12.4 Å². The molecule has 1 N–H and O–H groups in total. The van der Waals surface area contributed by atoms with E-state index in [0.717, 1.165) is 5.82 Å². The highest BCUT2D eigenvalue weighted by Gasteiger charge is 2.55. The molecule has 1 amide bonds. The van der Waals surface area contributed by atoms with E-state index >= 15 is 0 Å². The fourth-order valence-corrected chi connectivity index (χ4v) is 1.81. The topological polar surface area (TPSA) is 62.7 Å². The lowest BCUT2D eigenvalue weighted by Gasteiger charge is -2.31. The van der Waals surface area contributed by atoms with E-state index in [4.69, 9.17) is 4.74 Å². The number of hydrogen-bond acceptors (Lipinski definition) is 4. The van der Waals surface area contributed by atoms with Gasteiger partial charge in [-0.1, -0.05) is 0 Å². The monoisotopic (exact) mass is 194 g/mol. The summed E-state index contributed by atoms with van der Waals surface area (Å²) in [7, 11) is 3.74. The predicted octanol–water partition coefficient (Wildman–Crippen LogP) is -0.716. The Kier molecular flexibility index (Phi) is 1.16. The Labute approximate surface area is 80.5 Å². The first-order valence-electron chi connectivity index (χ1n) is 4.36. The summed E-state index contributed by atoms with van der Waals surface area (Å²) in [5.41, 5.74) is 0.455. The van der Waals surface area contributed by atoms with Crippen LogP contribution in [0.2, 0.25) is 0 Å². The maximum Gasteiger partial charge on any atom is 0.277 e. The average molecular weight is 194 g/mol. The molecule has 1 fully saturated rings. The second-order valence-corrected chi connectivity index (χ2v) is 3.61.